The third kappa shape index (κ3) is 2.24. The monoisotopic (exact) mass is 305 g/mol. The van der Waals surface area contributed by atoms with E-state index in [1.54, 1.807) is 0 Å². The van der Waals surface area contributed by atoms with E-state index in [-0.39, 0.29) is 12.0 Å². The fraction of sp³-hybridized carbons (Fsp3) is 0.250. The van der Waals surface area contributed by atoms with Crippen molar-refractivity contribution in [1.82, 2.24) is 0 Å². The highest BCUT2D eigenvalue weighted by atomic mass is 16.5. The predicted molar refractivity (Wildman–Crippen MR) is 90.6 cm³/mol. The largest absolute Gasteiger partial charge is 0.465 e. The van der Waals surface area contributed by atoms with Crippen molar-refractivity contribution in [3.05, 3.63) is 77.4 Å². The first-order chi connectivity index (χ1) is 11.3. The number of hydrogen-bond acceptors (Lipinski definition) is 3. The van der Waals surface area contributed by atoms with Gasteiger partial charge in [0.2, 0.25) is 0 Å². The molecule has 3 unspecified atom stereocenters. The Morgan fingerprint density at radius 2 is 1.96 bits per heavy atom. The maximum absolute atomic E-state index is 12.1. The van der Waals surface area contributed by atoms with Gasteiger partial charge in [-0.05, 0) is 29.5 Å². The molecule has 0 spiro atoms. The minimum Gasteiger partial charge on any atom is -0.465 e. The van der Waals surface area contributed by atoms with Crippen molar-refractivity contribution in [2.45, 2.75) is 18.4 Å². The van der Waals surface area contributed by atoms with E-state index in [4.69, 9.17) is 4.74 Å². The number of esters is 1. The summed E-state index contributed by atoms with van der Waals surface area (Å²) in [6.07, 6.45) is 5.59. The van der Waals surface area contributed by atoms with E-state index >= 15 is 0 Å². The van der Waals surface area contributed by atoms with Crippen molar-refractivity contribution >= 4 is 11.7 Å². The summed E-state index contributed by atoms with van der Waals surface area (Å²) in [5, 5.41) is 3.63. The highest BCUT2D eigenvalue weighted by molar-refractivity contribution is 5.97. The lowest BCUT2D eigenvalue weighted by Gasteiger charge is -2.38. The third-order valence-corrected chi connectivity index (χ3v) is 4.96. The number of allylic oxidation sites excluding steroid dienone is 2. The van der Waals surface area contributed by atoms with Crippen LogP contribution in [-0.2, 0) is 4.74 Å². The molecule has 1 aliphatic heterocycles. The van der Waals surface area contributed by atoms with E-state index in [2.05, 4.69) is 47.8 Å². The van der Waals surface area contributed by atoms with E-state index in [1.165, 1.54) is 18.2 Å². The molecule has 4 rings (SSSR count). The number of anilines is 1. The number of carbonyl (C=O) groups is 1. The van der Waals surface area contributed by atoms with Crippen molar-refractivity contribution in [3.63, 3.8) is 0 Å². The number of hydrogen-bond donors (Lipinski definition) is 1. The van der Waals surface area contributed by atoms with Crippen LogP contribution in [0.15, 0.2) is 60.7 Å². The van der Waals surface area contributed by atoms with Gasteiger partial charge in [0, 0.05) is 5.92 Å². The van der Waals surface area contributed by atoms with Crippen LogP contribution in [0.2, 0.25) is 0 Å². The number of benzene rings is 2. The van der Waals surface area contributed by atoms with Crippen LogP contribution in [0.1, 0.15) is 39.9 Å². The van der Waals surface area contributed by atoms with Gasteiger partial charge in [-0.1, -0.05) is 54.6 Å². The maximum atomic E-state index is 12.1. The van der Waals surface area contributed by atoms with Crippen LogP contribution in [0.5, 0.6) is 0 Å². The second-order valence-electron chi connectivity index (χ2n) is 6.15. The van der Waals surface area contributed by atoms with Crippen LogP contribution in [-0.4, -0.2) is 13.1 Å². The second kappa shape index (κ2) is 5.58. The van der Waals surface area contributed by atoms with Crippen molar-refractivity contribution in [2.75, 3.05) is 12.4 Å². The minimum absolute atomic E-state index is 0.203. The standard InChI is InChI=1S/C20H19NO2/c1-23-20(22)17-12-6-11-16-14-9-5-10-15(14)18(21-19(16)17)13-7-3-2-4-8-13/h2-9,11-12,14-15,18,21H,10H2,1H3. The molecule has 0 saturated carbocycles. The number of fused-ring (bicyclic) bond motifs is 3. The van der Waals surface area contributed by atoms with E-state index in [0.29, 0.717) is 17.4 Å². The van der Waals surface area contributed by atoms with Gasteiger partial charge in [-0.3, -0.25) is 0 Å². The van der Waals surface area contributed by atoms with Crippen molar-refractivity contribution in [1.29, 1.82) is 0 Å². The second-order valence-corrected chi connectivity index (χ2v) is 6.15. The van der Waals surface area contributed by atoms with Crippen LogP contribution < -0.4 is 5.32 Å². The highest BCUT2D eigenvalue weighted by Gasteiger charge is 2.39. The topological polar surface area (TPSA) is 38.3 Å². The van der Waals surface area contributed by atoms with Gasteiger partial charge >= 0.3 is 5.97 Å². The number of carbonyl (C=O) groups excluding carboxylic acids is 1. The summed E-state index contributed by atoms with van der Waals surface area (Å²) in [6.45, 7) is 0. The molecule has 0 fully saturated rings. The van der Waals surface area contributed by atoms with Crippen LogP contribution in [0.25, 0.3) is 0 Å². The molecule has 0 radical (unpaired) electrons. The molecule has 116 valence electrons. The Balaban J connectivity index is 1.84. The lowest BCUT2D eigenvalue weighted by Crippen LogP contribution is -2.30. The van der Waals surface area contributed by atoms with Gasteiger partial charge in [0.1, 0.15) is 0 Å². The average molecular weight is 305 g/mol. The van der Waals surface area contributed by atoms with Gasteiger partial charge in [-0.15, -0.1) is 0 Å². The van der Waals surface area contributed by atoms with E-state index in [9.17, 15) is 4.79 Å². The first-order valence-corrected chi connectivity index (χ1v) is 7.99. The molecule has 2 aromatic carbocycles. The van der Waals surface area contributed by atoms with E-state index in [1.807, 2.05) is 18.2 Å². The Bertz CT molecular complexity index is 766. The number of rotatable bonds is 2. The minimum atomic E-state index is -0.290. The molecular weight excluding hydrogens is 286 g/mol. The lowest BCUT2D eigenvalue weighted by atomic mass is 9.76. The van der Waals surface area contributed by atoms with Gasteiger partial charge < -0.3 is 10.1 Å². The lowest BCUT2D eigenvalue weighted by molar-refractivity contribution is 0.0601. The maximum Gasteiger partial charge on any atom is 0.339 e. The zero-order chi connectivity index (χ0) is 15.8. The molecule has 1 heterocycles. The van der Waals surface area contributed by atoms with E-state index in [0.717, 1.165) is 12.1 Å². The quantitative estimate of drug-likeness (QED) is 0.664. The normalized spacial score (nSPS) is 24.5. The first kappa shape index (κ1) is 14.1. The molecule has 0 bridgehead atoms. The van der Waals surface area contributed by atoms with Crippen molar-refractivity contribution < 1.29 is 9.53 Å². The number of para-hydroxylation sites is 1. The fourth-order valence-corrected chi connectivity index (χ4v) is 3.89. The van der Waals surface area contributed by atoms with Gasteiger partial charge in [0.15, 0.2) is 0 Å². The van der Waals surface area contributed by atoms with Gasteiger partial charge in [-0.25, -0.2) is 4.79 Å². The predicted octanol–water partition coefficient (Wildman–Crippen LogP) is 4.30. The Labute approximate surface area is 136 Å². The molecule has 0 saturated heterocycles. The SMILES string of the molecule is COC(=O)c1cccc2c1NC(c1ccccc1)C1CC=CC21. The molecule has 2 aromatic rings. The fourth-order valence-electron chi connectivity index (χ4n) is 3.89. The Hall–Kier alpha value is -2.55. The Morgan fingerprint density at radius 1 is 1.13 bits per heavy atom. The summed E-state index contributed by atoms with van der Waals surface area (Å²) in [5.41, 5.74) is 3.99. The van der Waals surface area contributed by atoms with Crippen LogP contribution in [0.4, 0.5) is 5.69 Å². The summed E-state index contributed by atoms with van der Waals surface area (Å²) in [4.78, 5) is 12.1. The van der Waals surface area contributed by atoms with Crippen LogP contribution in [0.3, 0.4) is 0 Å². The summed E-state index contributed by atoms with van der Waals surface area (Å²) in [6, 6.07) is 16.6. The average Bonchev–Trinajstić information content (AvgIpc) is 3.10. The zero-order valence-electron chi connectivity index (χ0n) is 13.0. The molecule has 0 amide bonds. The molecular formula is C20H19NO2. The smallest absolute Gasteiger partial charge is 0.339 e. The number of methoxy groups -OCH3 is 1. The Morgan fingerprint density at radius 3 is 2.74 bits per heavy atom. The van der Waals surface area contributed by atoms with Gasteiger partial charge in [0.25, 0.3) is 0 Å². The summed E-state index contributed by atoms with van der Waals surface area (Å²) in [5.74, 6) is 0.542. The molecule has 3 heteroatoms. The van der Waals surface area contributed by atoms with Crippen LogP contribution in [0, 0.1) is 5.92 Å². The zero-order valence-corrected chi connectivity index (χ0v) is 13.0. The van der Waals surface area contributed by atoms with E-state index < -0.39 is 0 Å². The molecule has 1 aliphatic carbocycles. The Kier molecular flexibility index (Phi) is 3.41. The van der Waals surface area contributed by atoms with Gasteiger partial charge in [0.05, 0.1) is 24.4 Å². The highest BCUT2D eigenvalue weighted by Crippen LogP contribution is 2.50. The summed E-state index contributed by atoms with van der Waals surface area (Å²) >= 11 is 0. The van der Waals surface area contributed by atoms with Crippen molar-refractivity contribution in [2.24, 2.45) is 5.92 Å². The summed E-state index contributed by atoms with van der Waals surface area (Å²) < 4.78 is 4.96. The third-order valence-electron chi connectivity index (χ3n) is 4.96. The molecule has 3 nitrogen and oxygen atoms in total. The molecule has 3 atom stereocenters. The van der Waals surface area contributed by atoms with Gasteiger partial charge in [-0.2, -0.15) is 0 Å². The first-order valence-electron chi connectivity index (χ1n) is 7.99. The molecule has 2 aliphatic rings. The summed E-state index contributed by atoms with van der Waals surface area (Å²) in [7, 11) is 1.43. The van der Waals surface area contributed by atoms with Crippen molar-refractivity contribution in [3.8, 4) is 0 Å². The number of nitrogens with one attached hydrogen (secondary N) is 1. The van der Waals surface area contributed by atoms with Crippen LogP contribution >= 0.6 is 0 Å². The molecule has 1 N–H and O–H groups in total. The number of ether oxygens (including phenoxy) is 1. The molecule has 23 heavy (non-hydrogen) atoms. The molecule has 0 aromatic heterocycles.